The van der Waals surface area contributed by atoms with E-state index in [1.165, 1.54) is 11.0 Å². The Hall–Kier alpha value is -2.79. The Morgan fingerprint density at radius 2 is 1.92 bits per heavy atom. The standard InChI is InChI=1S/C16H17N5O5/c17-13-10-14(19-7-18-13)21(16-12(24)11(23)9(6-22)26-16)20-15(10)25-8-4-2-1-3-5-8/h1-5,7,9,11-12,16,22-24H,6H2,(H2,17,18,19)/t9-,11-,12-,16-/m1/s1. The lowest BCUT2D eigenvalue weighted by molar-refractivity contribution is -0.0569. The van der Waals surface area contributed by atoms with Crippen LogP contribution in [-0.4, -0.2) is 60.0 Å². The van der Waals surface area contributed by atoms with Gasteiger partial charge in [-0.1, -0.05) is 18.2 Å². The van der Waals surface area contributed by atoms with Crippen molar-refractivity contribution in [2.24, 2.45) is 0 Å². The summed E-state index contributed by atoms with van der Waals surface area (Å²) in [6.07, 6.45) is -3.32. The molecule has 0 radical (unpaired) electrons. The molecule has 1 aliphatic rings. The minimum absolute atomic E-state index is 0.141. The van der Waals surface area contributed by atoms with Gasteiger partial charge in [-0.25, -0.2) is 14.6 Å². The average Bonchev–Trinajstić information content (AvgIpc) is 3.15. The fourth-order valence-corrected chi connectivity index (χ4v) is 2.89. The van der Waals surface area contributed by atoms with Crippen LogP contribution in [0.4, 0.5) is 5.82 Å². The van der Waals surface area contributed by atoms with Gasteiger partial charge in [0.25, 0.3) is 5.88 Å². The molecule has 1 saturated heterocycles. The van der Waals surface area contributed by atoms with Crippen LogP contribution in [0.1, 0.15) is 6.23 Å². The van der Waals surface area contributed by atoms with E-state index in [1.807, 2.05) is 6.07 Å². The number of hydrogen-bond donors (Lipinski definition) is 4. The Labute approximate surface area is 147 Å². The van der Waals surface area contributed by atoms with E-state index >= 15 is 0 Å². The number of nitrogen functional groups attached to an aromatic ring is 1. The molecule has 5 N–H and O–H groups in total. The van der Waals surface area contributed by atoms with Crippen LogP contribution < -0.4 is 10.5 Å². The van der Waals surface area contributed by atoms with Crippen LogP contribution in [-0.2, 0) is 4.74 Å². The highest BCUT2D eigenvalue weighted by Crippen LogP contribution is 2.36. The number of fused-ring (bicyclic) bond motifs is 1. The Balaban J connectivity index is 1.80. The van der Waals surface area contributed by atoms with Crippen molar-refractivity contribution in [2.45, 2.75) is 24.5 Å². The molecule has 3 heterocycles. The number of nitrogens with zero attached hydrogens (tertiary/aromatic N) is 4. The van der Waals surface area contributed by atoms with E-state index < -0.39 is 31.1 Å². The fourth-order valence-electron chi connectivity index (χ4n) is 2.89. The predicted molar refractivity (Wildman–Crippen MR) is 89.3 cm³/mol. The monoisotopic (exact) mass is 359 g/mol. The van der Waals surface area contributed by atoms with Gasteiger partial charge in [0.05, 0.1) is 6.61 Å². The van der Waals surface area contributed by atoms with Crippen LogP contribution in [0.3, 0.4) is 0 Å². The van der Waals surface area contributed by atoms with Crippen LogP contribution in [0.25, 0.3) is 11.0 Å². The van der Waals surface area contributed by atoms with Gasteiger partial charge in [0, 0.05) is 0 Å². The number of benzene rings is 1. The molecule has 1 aromatic carbocycles. The zero-order valence-electron chi connectivity index (χ0n) is 13.5. The molecule has 1 fully saturated rings. The average molecular weight is 359 g/mol. The van der Waals surface area contributed by atoms with E-state index in [2.05, 4.69) is 15.1 Å². The molecule has 0 amide bonds. The summed E-state index contributed by atoms with van der Waals surface area (Å²) in [4.78, 5) is 8.11. The highest BCUT2D eigenvalue weighted by molar-refractivity contribution is 5.90. The van der Waals surface area contributed by atoms with Crippen molar-refractivity contribution >= 4 is 16.9 Å². The summed E-state index contributed by atoms with van der Waals surface area (Å²) < 4.78 is 12.6. The van der Waals surface area contributed by atoms with Gasteiger partial charge in [-0.15, -0.1) is 5.10 Å². The maximum Gasteiger partial charge on any atom is 0.251 e. The van der Waals surface area contributed by atoms with Gasteiger partial charge in [-0.3, -0.25) is 0 Å². The SMILES string of the molecule is Nc1ncnc2c1c(Oc1ccccc1)nn2[C@@H]1O[C@H](CO)[C@@H](O)[C@H]1O. The van der Waals surface area contributed by atoms with E-state index in [1.54, 1.807) is 24.3 Å². The Morgan fingerprint density at radius 3 is 2.62 bits per heavy atom. The van der Waals surface area contributed by atoms with Crippen molar-refractivity contribution in [2.75, 3.05) is 12.3 Å². The van der Waals surface area contributed by atoms with E-state index in [-0.39, 0.29) is 17.3 Å². The smallest absolute Gasteiger partial charge is 0.251 e. The van der Waals surface area contributed by atoms with Gasteiger partial charge in [0.15, 0.2) is 11.9 Å². The highest BCUT2D eigenvalue weighted by Gasteiger charge is 2.45. The fraction of sp³-hybridized carbons (Fsp3) is 0.312. The molecule has 10 nitrogen and oxygen atoms in total. The lowest BCUT2D eigenvalue weighted by atomic mass is 10.1. The van der Waals surface area contributed by atoms with Gasteiger partial charge in [-0.2, -0.15) is 0 Å². The van der Waals surface area contributed by atoms with Crippen LogP contribution >= 0.6 is 0 Å². The number of hydrogen-bond acceptors (Lipinski definition) is 9. The minimum Gasteiger partial charge on any atom is -0.437 e. The molecule has 10 heteroatoms. The lowest BCUT2D eigenvalue weighted by Crippen LogP contribution is -2.33. The summed E-state index contributed by atoms with van der Waals surface area (Å²) in [7, 11) is 0. The highest BCUT2D eigenvalue weighted by atomic mass is 16.6. The third-order valence-corrected chi connectivity index (χ3v) is 4.20. The van der Waals surface area contributed by atoms with E-state index in [0.29, 0.717) is 11.1 Å². The van der Waals surface area contributed by atoms with Gasteiger partial charge in [-0.05, 0) is 12.1 Å². The molecular formula is C16H17N5O5. The molecule has 0 aliphatic carbocycles. The van der Waals surface area contributed by atoms with Crippen molar-refractivity contribution < 1.29 is 24.8 Å². The van der Waals surface area contributed by atoms with Crippen molar-refractivity contribution in [1.29, 1.82) is 0 Å². The molecule has 0 bridgehead atoms. The number of rotatable bonds is 4. The molecule has 3 aromatic rings. The van der Waals surface area contributed by atoms with E-state index in [4.69, 9.17) is 15.2 Å². The summed E-state index contributed by atoms with van der Waals surface area (Å²) in [5.74, 6) is 0.824. The first kappa shape index (κ1) is 16.7. The summed E-state index contributed by atoms with van der Waals surface area (Å²) in [6, 6.07) is 8.95. The molecular weight excluding hydrogens is 342 g/mol. The van der Waals surface area contributed by atoms with E-state index in [9.17, 15) is 15.3 Å². The van der Waals surface area contributed by atoms with E-state index in [0.717, 1.165) is 0 Å². The first-order valence-corrected chi connectivity index (χ1v) is 7.94. The number of nitrogens with two attached hydrogens (primary N) is 1. The minimum atomic E-state index is -1.31. The number of aliphatic hydroxyl groups excluding tert-OH is 3. The van der Waals surface area contributed by atoms with Gasteiger partial charge < -0.3 is 30.5 Å². The van der Waals surface area contributed by atoms with Crippen molar-refractivity contribution in [1.82, 2.24) is 19.7 Å². The summed E-state index contributed by atoms with van der Waals surface area (Å²) in [5, 5.41) is 34.2. The number of anilines is 1. The lowest BCUT2D eigenvalue weighted by Gasteiger charge is -2.15. The van der Waals surface area contributed by atoms with Crippen LogP contribution in [0, 0.1) is 0 Å². The van der Waals surface area contributed by atoms with Crippen LogP contribution in [0.15, 0.2) is 36.7 Å². The first-order chi connectivity index (χ1) is 12.6. The summed E-state index contributed by atoms with van der Waals surface area (Å²) in [5.41, 5.74) is 6.24. The van der Waals surface area contributed by atoms with Crippen molar-refractivity contribution in [3.05, 3.63) is 36.7 Å². The number of aliphatic hydroxyl groups is 3. The molecule has 0 saturated carbocycles. The predicted octanol–water partition coefficient (Wildman–Crippen LogP) is -0.188. The molecule has 1 aliphatic heterocycles. The maximum absolute atomic E-state index is 10.3. The van der Waals surface area contributed by atoms with Crippen LogP contribution in [0.2, 0.25) is 0 Å². The number of ether oxygens (including phenoxy) is 2. The van der Waals surface area contributed by atoms with Gasteiger partial charge in [0.1, 0.15) is 41.6 Å². The third kappa shape index (κ3) is 2.65. The zero-order chi connectivity index (χ0) is 18.3. The molecule has 2 aromatic heterocycles. The number of aromatic nitrogens is 4. The number of para-hydroxylation sites is 1. The largest absolute Gasteiger partial charge is 0.437 e. The normalized spacial score (nSPS) is 25.7. The topological polar surface area (TPSA) is 149 Å². The quantitative estimate of drug-likeness (QED) is 0.497. The molecule has 4 atom stereocenters. The Bertz CT molecular complexity index is 918. The molecule has 0 spiro atoms. The third-order valence-electron chi connectivity index (χ3n) is 4.20. The second-order valence-corrected chi connectivity index (χ2v) is 5.85. The first-order valence-electron chi connectivity index (χ1n) is 7.94. The van der Waals surface area contributed by atoms with Crippen molar-refractivity contribution in [3.8, 4) is 11.6 Å². The summed E-state index contributed by atoms with van der Waals surface area (Å²) in [6.45, 7) is -0.446. The Morgan fingerprint density at radius 1 is 1.15 bits per heavy atom. The van der Waals surface area contributed by atoms with Gasteiger partial charge in [0.2, 0.25) is 0 Å². The van der Waals surface area contributed by atoms with Crippen molar-refractivity contribution in [3.63, 3.8) is 0 Å². The molecule has 26 heavy (non-hydrogen) atoms. The molecule has 136 valence electrons. The summed E-state index contributed by atoms with van der Waals surface area (Å²) >= 11 is 0. The maximum atomic E-state index is 10.3. The Kier molecular flexibility index (Phi) is 4.17. The molecule has 0 unspecified atom stereocenters. The second kappa shape index (κ2) is 6.50. The second-order valence-electron chi connectivity index (χ2n) is 5.85. The van der Waals surface area contributed by atoms with Crippen LogP contribution in [0.5, 0.6) is 11.6 Å². The zero-order valence-corrected chi connectivity index (χ0v) is 13.5. The van der Waals surface area contributed by atoms with Gasteiger partial charge >= 0.3 is 0 Å². The molecule has 4 rings (SSSR count).